The number of benzene rings is 5. The van der Waals surface area contributed by atoms with Crippen molar-refractivity contribution in [2.24, 2.45) is 0 Å². The fourth-order valence-corrected chi connectivity index (χ4v) is 4.24. The fourth-order valence-electron chi connectivity index (χ4n) is 3.97. The van der Waals surface area contributed by atoms with Gasteiger partial charge in [-0.2, -0.15) is 5.26 Å². The number of hydrogen-bond donors (Lipinski definition) is 0. The van der Waals surface area contributed by atoms with Crippen molar-refractivity contribution in [2.45, 2.75) is 6.61 Å². The highest BCUT2D eigenvalue weighted by molar-refractivity contribution is 9.10. The summed E-state index contributed by atoms with van der Waals surface area (Å²) in [6.07, 6.45) is 1.95. The molecule has 0 atom stereocenters. The average molecular weight is 490 g/mol. The highest BCUT2D eigenvalue weighted by Gasteiger charge is 2.11. The highest BCUT2D eigenvalue weighted by atomic mass is 79.9. The Hall–Kier alpha value is -3.87. The molecule has 2 nitrogen and oxygen atoms in total. The van der Waals surface area contributed by atoms with E-state index in [4.69, 9.17) is 4.74 Å². The minimum atomic E-state index is 0.449. The molecule has 0 spiro atoms. The van der Waals surface area contributed by atoms with E-state index in [2.05, 4.69) is 64.5 Å². The first-order chi connectivity index (χ1) is 16.2. The van der Waals surface area contributed by atoms with Crippen LogP contribution in [-0.4, -0.2) is 0 Å². The molecule has 0 amide bonds. The maximum Gasteiger partial charge on any atom is 0.127 e. The molecule has 0 radical (unpaired) electrons. The lowest BCUT2D eigenvalue weighted by atomic mass is 9.97. The van der Waals surface area contributed by atoms with Crippen LogP contribution in [0.25, 0.3) is 33.2 Å². The Balaban J connectivity index is 1.59. The van der Waals surface area contributed by atoms with Crippen molar-refractivity contribution in [3.05, 3.63) is 124 Å². The maximum absolute atomic E-state index is 10.0. The van der Waals surface area contributed by atoms with Gasteiger partial charge >= 0.3 is 0 Å². The van der Waals surface area contributed by atoms with Crippen molar-refractivity contribution >= 4 is 49.1 Å². The number of hydrogen-bond acceptors (Lipinski definition) is 2. The minimum absolute atomic E-state index is 0.449. The van der Waals surface area contributed by atoms with Crippen LogP contribution < -0.4 is 4.74 Å². The van der Waals surface area contributed by atoms with Gasteiger partial charge in [-0.3, -0.25) is 0 Å². The van der Waals surface area contributed by atoms with Gasteiger partial charge in [0, 0.05) is 10.0 Å². The lowest BCUT2D eigenvalue weighted by Crippen LogP contribution is -1.98. The average Bonchev–Trinajstić information content (AvgIpc) is 2.87. The van der Waals surface area contributed by atoms with Crippen LogP contribution in [0.5, 0.6) is 5.75 Å². The van der Waals surface area contributed by atoms with Crippen LogP contribution in [0, 0.1) is 11.3 Å². The number of ether oxygens (including phenoxy) is 1. The number of fused-ring (bicyclic) bond motifs is 2. The lowest BCUT2D eigenvalue weighted by molar-refractivity contribution is 0.306. The van der Waals surface area contributed by atoms with E-state index in [9.17, 15) is 5.26 Å². The van der Waals surface area contributed by atoms with Gasteiger partial charge in [-0.05, 0) is 63.0 Å². The normalized spacial score (nSPS) is 11.5. The molecule has 0 saturated carbocycles. The van der Waals surface area contributed by atoms with Crippen LogP contribution in [0.4, 0.5) is 0 Å². The van der Waals surface area contributed by atoms with Crippen LogP contribution in [-0.2, 0) is 6.61 Å². The number of nitriles is 1. The quantitative estimate of drug-likeness (QED) is 0.183. The Bertz CT molecular complexity index is 1530. The van der Waals surface area contributed by atoms with E-state index in [0.29, 0.717) is 12.2 Å². The Morgan fingerprint density at radius 1 is 0.788 bits per heavy atom. The fraction of sp³-hybridized carbons (Fsp3) is 0.0333. The Kier molecular flexibility index (Phi) is 5.93. The SMILES string of the molecule is N#C/C(=C/c1c(OCc2ccc(Br)cc2)ccc2ccccc12)c1ccc2ccccc2c1. The van der Waals surface area contributed by atoms with E-state index in [0.717, 1.165) is 48.5 Å². The molecule has 158 valence electrons. The second-order valence-corrected chi connectivity index (χ2v) is 8.76. The molecule has 0 bridgehead atoms. The number of nitrogens with zero attached hydrogens (tertiary/aromatic N) is 1. The van der Waals surface area contributed by atoms with Crippen molar-refractivity contribution in [3.63, 3.8) is 0 Å². The van der Waals surface area contributed by atoms with Gasteiger partial charge in [-0.15, -0.1) is 0 Å². The monoisotopic (exact) mass is 489 g/mol. The van der Waals surface area contributed by atoms with Gasteiger partial charge in [0.1, 0.15) is 12.4 Å². The third-order valence-electron chi connectivity index (χ3n) is 5.71. The minimum Gasteiger partial charge on any atom is -0.488 e. The molecular weight excluding hydrogens is 470 g/mol. The molecule has 0 saturated heterocycles. The topological polar surface area (TPSA) is 33.0 Å². The molecule has 0 N–H and O–H groups in total. The zero-order valence-electron chi connectivity index (χ0n) is 17.8. The van der Waals surface area contributed by atoms with Crippen molar-refractivity contribution in [1.29, 1.82) is 5.26 Å². The molecule has 5 aromatic carbocycles. The lowest BCUT2D eigenvalue weighted by Gasteiger charge is -2.13. The summed E-state index contributed by atoms with van der Waals surface area (Å²) in [5.41, 5.74) is 3.49. The second kappa shape index (κ2) is 9.32. The van der Waals surface area contributed by atoms with Crippen LogP contribution in [0.2, 0.25) is 0 Å². The van der Waals surface area contributed by atoms with Gasteiger partial charge < -0.3 is 4.74 Å². The molecule has 3 heteroatoms. The molecule has 0 aliphatic carbocycles. The first-order valence-corrected chi connectivity index (χ1v) is 11.5. The maximum atomic E-state index is 10.0. The number of allylic oxidation sites excluding steroid dienone is 1. The summed E-state index contributed by atoms with van der Waals surface area (Å²) in [7, 11) is 0. The molecule has 0 aliphatic heterocycles. The summed E-state index contributed by atoms with van der Waals surface area (Å²) in [4.78, 5) is 0. The van der Waals surface area contributed by atoms with Crippen LogP contribution in [0.3, 0.4) is 0 Å². The summed E-state index contributed by atoms with van der Waals surface area (Å²) in [6, 6.07) is 37.0. The largest absolute Gasteiger partial charge is 0.488 e. The zero-order valence-corrected chi connectivity index (χ0v) is 19.4. The number of rotatable bonds is 5. The van der Waals surface area contributed by atoms with E-state index in [-0.39, 0.29) is 0 Å². The molecular formula is C30H20BrNO. The van der Waals surface area contributed by atoms with Crippen LogP contribution in [0.15, 0.2) is 108 Å². The zero-order chi connectivity index (χ0) is 22.6. The molecule has 5 rings (SSSR count). The molecule has 0 fully saturated rings. The molecule has 0 aromatic heterocycles. The van der Waals surface area contributed by atoms with E-state index in [1.165, 1.54) is 0 Å². The van der Waals surface area contributed by atoms with E-state index >= 15 is 0 Å². The third-order valence-corrected chi connectivity index (χ3v) is 6.24. The Labute approximate surface area is 201 Å². The first kappa shape index (κ1) is 21.0. The molecule has 5 aromatic rings. The van der Waals surface area contributed by atoms with Gasteiger partial charge in [-0.1, -0.05) is 94.8 Å². The van der Waals surface area contributed by atoms with Crippen LogP contribution in [0.1, 0.15) is 16.7 Å². The predicted octanol–water partition coefficient (Wildman–Crippen LogP) is 8.40. The summed E-state index contributed by atoms with van der Waals surface area (Å²) in [5.74, 6) is 0.755. The summed E-state index contributed by atoms with van der Waals surface area (Å²) in [6.45, 7) is 0.449. The van der Waals surface area contributed by atoms with Gasteiger partial charge in [0.25, 0.3) is 0 Å². The van der Waals surface area contributed by atoms with E-state index < -0.39 is 0 Å². The molecule has 0 aliphatic rings. The van der Waals surface area contributed by atoms with Crippen molar-refractivity contribution in [2.75, 3.05) is 0 Å². The Morgan fingerprint density at radius 2 is 1.48 bits per heavy atom. The number of halogens is 1. The van der Waals surface area contributed by atoms with Gasteiger partial charge in [-0.25, -0.2) is 0 Å². The molecule has 0 heterocycles. The van der Waals surface area contributed by atoms with E-state index in [1.807, 2.05) is 66.7 Å². The Morgan fingerprint density at radius 3 is 2.27 bits per heavy atom. The smallest absolute Gasteiger partial charge is 0.127 e. The van der Waals surface area contributed by atoms with Gasteiger partial charge in [0.05, 0.1) is 11.6 Å². The van der Waals surface area contributed by atoms with Gasteiger partial charge in [0.15, 0.2) is 0 Å². The highest BCUT2D eigenvalue weighted by Crippen LogP contribution is 2.33. The van der Waals surface area contributed by atoms with Gasteiger partial charge in [0.2, 0.25) is 0 Å². The summed E-state index contributed by atoms with van der Waals surface area (Å²) in [5, 5.41) is 14.5. The predicted molar refractivity (Wildman–Crippen MR) is 140 cm³/mol. The van der Waals surface area contributed by atoms with Crippen molar-refractivity contribution < 1.29 is 4.74 Å². The molecule has 0 unspecified atom stereocenters. The first-order valence-electron chi connectivity index (χ1n) is 10.7. The van der Waals surface area contributed by atoms with E-state index in [1.54, 1.807) is 0 Å². The van der Waals surface area contributed by atoms with Crippen LogP contribution >= 0.6 is 15.9 Å². The van der Waals surface area contributed by atoms with Crippen molar-refractivity contribution in [3.8, 4) is 11.8 Å². The standard InChI is InChI=1S/C30H20BrNO/c31-27-14-9-21(10-15-27)20-33-30-16-13-23-6-3-4-8-28(23)29(30)18-26(19-32)25-12-11-22-5-1-2-7-24(22)17-25/h1-18H,20H2/b26-18-. The summed E-state index contributed by atoms with van der Waals surface area (Å²) >= 11 is 3.47. The molecule has 33 heavy (non-hydrogen) atoms. The summed E-state index contributed by atoms with van der Waals surface area (Å²) < 4.78 is 7.29. The second-order valence-electron chi connectivity index (χ2n) is 7.85. The third kappa shape index (κ3) is 4.53. The van der Waals surface area contributed by atoms with Crippen molar-refractivity contribution in [1.82, 2.24) is 0 Å².